The number of rotatable bonds is 8. The van der Waals surface area contributed by atoms with Crippen LogP contribution in [-0.4, -0.2) is 51.9 Å². The summed E-state index contributed by atoms with van der Waals surface area (Å²) in [6.45, 7) is 1.33. The molecule has 124 valence electrons. The van der Waals surface area contributed by atoms with E-state index in [1.54, 1.807) is 7.11 Å². The van der Waals surface area contributed by atoms with Gasteiger partial charge in [-0.2, -0.15) is 5.10 Å². The number of hydrogen-bond acceptors (Lipinski definition) is 7. The predicted molar refractivity (Wildman–Crippen MR) is 86.1 cm³/mol. The van der Waals surface area contributed by atoms with E-state index in [-0.39, 0.29) is 12.5 Å². The molecule has 1 amide bonds. The zero-order chi connectivity index (χ0) is 16.2. The van der Waals surface area contributed by atoms with E-state index in [1.165, 1.54) is 24.2 Å². The molecule has 0 radical (unpaired) electrons. The van der Waals surface area contributed by atoms with Gasteiger partial charge >= 0.3 is 0 Å². The minimum absolute atomic E-state index is 0.116. The Kier molecular flexibility index (Phi) is 4.99. The van der Waals surface area contributed by atoms with Crippen molar-refractivity contribution in [1.29, 1.82) is 0 Å². The van der Waals surface area contributed by atoms with Gasteiger partial charge in [-0.05, 0) is 26.0 Å². The molecule has 9 heteroatoms. The van der Waals surface area contributed by atoms with Gasteiger partial charge in [-0.15, -0.1) is 10.2 Å². The molecule has 2 aromatic rings. The highest BCUT2D eigenvalue weighted by Crippen LogP contribution is 2.39. The lowest BCUT2D eigenvalue weighted by Crippen LogP contribution is -2.29. The highest BCUT2D eigenvalue weighted by atomic mass is 32.1. The number of hydrogen-bond donors (Lipinski definition) is 2. The minimum atomic E-state index is -0.116. The monoisotopic (exact) mass is 336 g/mol. The first-order valence-corrected chi connectivity index (χ1v) is 8.29. The Labute approximate surface area is 138 Å². The van der Waals surface area contributed by atoms with E-state index in [2.05, 4.69) is 31.8 Å². The molecule has 8 nitrogen and oxygen atoms in total. The van der Waals surface area contributed by atoms with Crippen molar-refractivity contribution in [1.82, 2.24) is 25.3 Å². The molecule has 1 aliphatic rings. The van der Waals surface area contributed by atoms with E-state index in [9.17, 15) is 4.79 Å². The third kappa shape index (κ3) is 4.57. The van der Waals surface area contributed by atoms with Gasteiger partial charge in [-0.3, -0.25) is 20.1 Å². The Balaban J connectivity index is 1.45. The number of methoxy groups -OCH3 is 1. The number of carbonyl (C=O) groups is 1. The maximum Gasteiger partial charge on any atom is 0.240 e. The molecule has 2 aromatic heterocycles. The minimum Gasteiger partial charge on any atom is -0.377 e. The molecular weight excluding hydrogens is 316 g/mol. The van der Waals surface area contributed by atoms with E-state index in [0.717, 1.165) is 16.4 Å². The second-order valence-corrected chi connectivity index (χ2v) is 6.81. The lowest BCUT2D eigenvalue weighted by molar-refractivity contribution is -0.117. The van der Waals surface area contributed by atoms with Gasteiger partial charge in [0.1, 0.15) is 11.6 Å². The average Bonchev–Trinajstić information content (AvgIpc) is 3.10. The van der Waals surface area contributed by atoms with Gasteiger partial charge in [0.25, 0.3) is 0 Å². The van der Waals surface area contributed by atoms with Crippen molar-refractivity contribution in [2.24, 2.45) is 0 Å². The van der Waals surface area contributed by atoms with Crippen LogP contribution in [0, 0.1) is 0 Å². The van der Waals surface area contributed by atoms with Gasteiger partial charge in [-0.25, -0.2) is 0 Å². The van der Waals surface area contributed by atoms with Crippen LogP contribution in [-0.2, 0) is 22.7 Å². The van der Waals surface area contributed by atoms with Crippen LogP contribution in [0.1, 0.15) is 35.2 Å². The van der Waals surface area contributed by atoms with Gasteiger partial charge < -0.3 is 4.74 Å². The highest BCUT2D eigenvalue weighted by molar-refractivity contribution is 7.15. The Morgan fingerprint density at radius 1 is 1.52 bits per heavy atom. The molecule has 0 aromatic carbocycles. The SMILES string of the molecule is COCc1nnc(NC(=O)CN(C)Cc2cc(C3CC3)n[nH]2)s1. The largest absolute Gasteiger partial charge is 0.377 e. The Bertz CT molecular complexity index is 666. The first-order valence-electron chi connectivity index (χ1n) is 7.48. The van der Waals surface area contributed by atoms with E-state index in [0.29, 0.717) is 24.2 Å². The maximum absolute atomic E-state index is 12.0. The van der Waals surface area contributed by atoms with Crippen molar-refractivity contribution >= 4 is 22.4 Å². The Hall–Kier alpha value is -1.84. The van der Waals surface area contributed by atoms with Crippen LogP contribution in [0.4, 0.5) is 5.13 Å². The number of ether oxygens (including phenoxy) is 1. The number of nitrogens with zero attached hydrogens (tertiary/aromatic N) is 4. The summed E-state index contributed by atoms with van der Waals surface area (Å²) in [5, 5.41) is 19.2. The second-order valence-electron chi connectivity index (χ2n) is 5.75. The number of nitrogens with one attached hydrogen (secondary N) is 2. The molecule has 23 heavy (non-hydrogen) atoms. The lowest BCUT2D eigenvalue weighted by Gasteiger charge is -2.14. The average molecular weight is 336 g/mol. The van der Waals surface area contributed by atoms with Crippen molar-refractivity contribution < 1.29 is 9.53 Å². The summed E-state index contributed by atoms with van der Waals surface area (Å²) >= 11 is 1.32. The molecule has 0 bridgehead atoms. The smallest absolute Gasteiger partial charge is 0.240 e. The predicted octanol–water partition coefficient (Wildman–Crippen LogP) is 1.36. The number of likely N-dealkylation sites (N-methyl/N-ethyl adjacent to an activating group) is 1. The Morgan fingerprint density at radius 2 is 2.35 bits per heavy atom. The standard InChI is InChI=1S/C14H20N6O2S/c1-20(6-10-5-11(17-16-10)9-3-4-9)7-12(21)15-14-19-18-13(23-14)8-22-2/h5,9H,3-4,6-8H2,1-2H3,(H,16,17)(H,15,19,21). The van der Waals surface area contributed by atoms with Gasteiger partial charge in [0.15, 0.2) is 0 Å². The lowest BCUT2D eigenvalue weighted by atomic mass is 10.2. The normalized spacial score (nSPS) is 14.4. The molecule has 0 aliphatic heterocycles. The van der Waals surface area contributed by atoms with Crippen LogP contribution < -0.4 is 5.32 Å². The van der Waals surface area contributed by atoms with Gasteiger partial charge in [-0.1, -0.05) is 11.3 Å². The summed E-state index contributed by atoms with van der Waals surface area (Å²) in [5.74, 6) is 0.516. The van der Waals surface area contributed by atoms with Crippen LogP contribution in [0.3, 0.4) is 0 Å². The molecule has 1 aliphatic carbocycles. The summed E-state index contributed by atoms with van der Waals surface area (Å²) < 4.78 is 4.98. The summed E-state index contributed by atoms with van der Waals surface area (Å²) in [5.41, 5.74) is 2.16. The highest BCUT2D eigenvalue weighted by Gasteiger charge is 2.26. The summed E-state index contributed by atoms with van der Waals surface area (Å²) in [7, 11) is 3.49. The van der Waals surface area contributed by atoms with E-state index in [1.807, 2.05) is 11.9 Å². The number of aromatic nitrogens is 4. The van der Waals surface area contributed by atoms with Crippen molar-refractivity contribution in [3.8, 4) is 0 Å². The third-order valence-corrected chi connectivity index (χ3v) is 4.29. The second kappa shape index (κ2) is 7.16. The van der Waals surface area contributed by atoms with Gasteiger partial charge in [0.05, 0.1) is 12.2 Å². The topological polar surface area (TPSA) is 96.0 Å². The number of anilines is 1. The molecule has 0 unspecified atom stereocenters. The van der Waals surface area contributed by atoms with Crippen LogP contribution in [0.5, 0.6) is 0 Å². The third-order valence-electron chi connectivity index (χ3n) is 3.48. The van der Waals surface area contributed by atoms with Crippen LogP contribution in [0.2, 0.25) is 0 Å². The molecule has 0 spiro atoms. The molecule has 1 fully saturated rings. The van der Waals surface area contributed by atoms with Crippen molar-refractivity contribution in [3.05, 3.63) is 22.5 Å². The van der Waals surface area contributed by atoms with Crippen molar-refractivity contribution in [2.75, 3.05) is 26.0 Å². The molecular formula is C14H20N6O2S. The molecule has 2 N–H and O–H groups in total. The fraction of sp³-hybridized carbons (Fsp3) is 0.571. The van der Waals surface area contributed by atoms with Gasteiger partial charge in [0, 0.05) is 25.3 Å². The number of amides is 1. The summed E-state index contributed by atoms with van der Waals surface area (Å²) in [4.78, 5) is 14.0. The first kappa shape index (κ1) is 16.0. The fourth-order valence-corrected chi connectivity index (χ4v) is 3.01. The summed E-state index contributed by atoms with van der Waals surface area (Å²) in [6.07, 6.45) is 2.46. The molecule has 0 saturated heterocycles. The molecule has 3 rings (SSSR count). The first-order chi connectivity index (χ1) is 11.1. The zero-order valence-corrected chi connectivity index (χ0v) is 14.0. The van der Waals surface area contributed by atoms with Crippen LogP contribution in [0.15, 0.2) is 6.07 Å². The molecule has 1 saturated carbocycles. The molecule has 0 atom stereocenters. The van der Waals surface area contributed by atoms with Crippen molar-refractivity contribution in [2.45, 2.75) is 31.9 Å². The summed E-state index contributed by atoms with van der Waals surface area (Å²) in [6, 6.07) is 2.09. The quantitative estimate of drug-likeness (QED) is 0.755. The van der Waals surface area contributed by atoms with Crippen LogP contribution in [0.25, 0.3) is 0 Å². The number of aromatic amines is 1. The fourth-order valence-electron chi connectivity index (χ4n) is 2.29. The zero-order valence-electron chi connectivity index (χ0n) is 13.2. The van der Waals surface area contributed by atoms with Crippen molar-refractivity contribution in [3.63, 3.8) is 0 Å². The van der Waals surface area contributed by atoms with E-state index < -0.39 is 0 Å². The number of H-pyrrole nitrogens is 1. The van der Waals surface area contributed by atoms with Gasteiger partial charge in [0.2, 0.25) is 11.0 Å². The molecule has 2 heterocycles. The van der Waals surface area contributed by atoms with Crippen LogP contribution >= 0.6 is 11.3 Å². The van der Waals surface area contributed by atoms with E-state index in [4.69, 9.17) is 4.74 Å². The Morgan fingerprint density at radius 3 is 3.09 bits per heavy atom. The van der Waals surface area contributed by atoms with E-state index >= 15 is 0 Å². The maximum atomic E-state index is 12.0. The number of carbonyl (C=O) groups excluding carboxylic acids is 1.